The van der Waals surface area contributed by atoms with Gasteiger partial charge in [-0.25, -0.2) is 39.5 Å². The van der Waals surface area contributed by atoms with Crippen LogP contribution in [0.2, 0.25) is 0 Å². The summed E-state index contributed by atoms with van der Waals surface area (Å²) in [6.45, 7) is 15.8. The van der Waals surface area contributed by atoms with Crippen LogP contribution >= 0.6 is 0 Å². The predicted octanol–water partition coefficient (Wildman–Crippen LogP) is 4.84. The number of nitrogens with zero attached hydrogens (tertiary/aromatic N) is 9. The van der Waals surface area contributed by atoms with Gasteiger partial charge in [0.1, 0.15) is 23.9 Å². The zero-order valence-electron chi connectivity index (χ0n) is 27.6. The molecule has 0 aliphatic heterocycles. The van der Waals surface area contributed by atoms with Gasteiger partial charge in [0.15, 0.2) is 0 Å². The first-order valence-electron chi connectivity index (χ1n) is 14.7. The number of imidazole rings is 2. The van der Waals surface area contributed by atoms with Crippen LogP contribution in [0.25, 0.3) is 11.9 Å². The van der Waals surface area contributed by atoms with Crippen LogP contribution in [0.4, 0.5) is 9.59 Å². The molecule has 14 nitrogen and oxygen atoms in total. The number of amides is 2. The predicted molar refractivity (Wildman–Crippen MR) is 168 cm³/mol. The smallest absolute Gasteiger partial charge is 0.410 e. The van der Waals surface area contributed by atoms with E-state index in [9.17, 15) is 9.59 Å². The van der Waals surface area contributed by atoms with E-state index in [1.54, 1.807) is 53.6 Å². The molecule has 0 aromatic carbocycles. The molecule has 4 aromatic rings. The number of ether oxygens (including phenoxy) is 2. The van der Waals surface area contributed by atoms with E-state index in [4.69, 9.17) is 9.47 Å². The molecule has 0 radical (unpaired) electrons. The number of carbonyl (C=O) groups excluding carboxylic acids is 2. The Balaban J connectivity index is 0.000000246. The fraction of sp³-hybridized carbons (Fsp3) is 0.484. The van der Waals surface area contributed by atoms with Crippen LogP contribution in [0.1, 0.15) is 77.9 Å². The third-order valence-electron chi connectivity index (χ3n) is 5.80. The van der Waals surface area contributed by atoms with Crippen LogP contribution in [0.15, 0.2) is 49.8 Å². The second kappa shape index (κ2) is 15.2. The SMILES string of the molecule is CCc1cn(-c2ncc(CN(C)C(=O)OC(C)(C)C)cn2)cn1.CCc1cn(-c2ncc(CNC(=O)OC(C)(C)C)cn2)cn1. The summed E-state index contributed by atoms with van der Waals surface area (Å²) in [5.41, 5.74) is 2.58. The van der Waals surface area contributed by atoms with Crippen molar-refractivity contribution in [1.82, 2.24) is 49.3 Å². The molecule has 0 spiro atoms. The Morgan fingerprint density at radius 2 is 1.18 bits per heavy atom. The highest BCUT2D eigenvalue weighted by Crippen LogP contribution is 2.12. The van der Waals surface area contributed by atoms with Crippen molar-refractivity contribution in [1.29, 1.82) is 0 Å². The molecule has 1 N–H and O–H groups in total. The Bertz CT molecular complexity index is 1520. The van der Waals surface area contributed by atoms with Gasteiger partial charge in [0.25, 0.3) is 0 Å². The lowest BCUT2D eigenvalue weighted by atomic mass is 10.2. The lowest BCUT2D eigenvalue weighted by molar-refractivity contribution is 0.0284. The summed E-state index contributed by atoms with van der Waals surface area (Å²) in [4.78, 5) is 50.7. The van der Waals surface area contributed by atoms with Crippen molar-refractivity contribution in [2.45, 2.75) is 92.5 Å². The van der Waals surface area contributed by atoms with E-state index in [-0.39, 0.29) is 6.09 Å². The van der Waals surface area contributed by atoms with Crippen LogP contribution in [0.5, 0.6) is 0 Å². The van der Waals surface area contributed by atoms with Crippen molar-refractivity contribution >= 4 is 12.2 Å². The maximum absolute atomic E-state index is 11.9. The van der Waals surface area contributed by atoms with Crippen molar-refractivity contribution < 1.29 is 19.1 Å². The maximum Gasteiger partial charge on any atom is 0.410 e. The largest absolute Gasteiger partial charge is 0.444 e. The average Bonchev–Trinajstić information content (AvgIpc) is 3.66. The van der Waals surface area contributed by atoms with E-state index in [0.717, 1.165) is 35.4 Å². The summed E-state index contributed by atoms with van der Waals surface area (Å²) in [6.07, 6.45) is 14.8. The molecule has 4 rings (SSSR count). The summed E-state index contributed by atoms with van der Waals surface area (Å²) in [5.74, 6) is 1.11. The number of aryl methyl sites for hydroxylation is 2. The zero-order valence-corrected chi connectivity index (χ0v) is 27.6. The highest BCUT2D eigenvalue weighted by Gasteiger charge is 2.20. The second-order valence-electron chi connectivity index (χ2n) is 12.2. The fourth-order valence-corrected chi connectivity index (χ4v) is 3.61. The summed E-state index contributed by atoms with van der Waals surface area (Å²) in [6, 6.07) is 0. The van der Waals surface area contributed by atoms with Crippen molar-refractivity contribution in [2.24, 2.45) is 0 Å². The van der Waals surface area contributed by atoms with E-state index >= 15 is 0 Å². The van der Waals surface area contributed by atoms with Crippen LogP contribution in [0, 0.1) is 0 Å². The Labute approximate surface area is 264 Å². The molecular weight excluding hydrogens is 576 g/mol. The minimum atomic E-state index is -0.511. The zero-order chi connectivity index (χ0) is 33.2. The molecular formula is C31H44N10O4. The van der Waals surface area contributed by atoms with Crippen LogP contribution in [-0.4, -0.2) is 74.4 Å². The highest BCUT2D eigenvalue weighted by molar-refractivity contribution is 5.68. The van der Waals surface area contributed by atoms with Gasteiger partial charge in [0.05, 0.1) is 17.9 Å². The van der Waals surface area contributed by atoms with E-state index < -0.39 is 17.3 Å². The number of hydrogen-bond donors (Lipinski definition) is 1. The Kier molecular flexibility index (Phi) is 11.7. The number of carbonyl (C=O) groups is 2. The highest BCUT2D eigenvalue weighted by atomic mass is 16.6. The molecule has 0 fully saturated rings. The van der Waals surface area contributed by atoms with Crippen LogP contribution in [-0.2, 0) is 35.4 Å². The second-order valence-corrected chi connectivity index (χ2v) is 12.2. The van der Waals surface area contributed by atoms with Crippen LogP contribution < -0.4 is 5.32 Å². The first kappa shape index (κ1) is 34.6. The number of alkyl carbamates (subject to hydrolysis) is 1. The minimum absolute atomic E-state index is 0.319. The van der Waals surface area contributed by atoms with Crippen molar-refractivity contribution in [3.63, 3.8) is 0 Å². The van der Waals surface area contributed by atoms with Gasteiger partial charge in [-0.05, 0) is 54.4 Å². The Morgan fingerprint density at radius 3 is 1.58 bits per heavy atom. The monoisotopic (exact) mass is 620 g/mol. The third-order valence-corrected chi connectivity index (χ3v) is 5.80. The first-order valence-corrected chi connectivity index (χ1v) is 14.7. The van der Waals surface area contributed by atoms with Crippen molar-refractivity contribution in [2.75, 3.05) is 7.05 Å². The summed E-state index contributed by atoms with van der Waals surface area (Å²) in [7, 11) is 1.69. The van der Waals surface area contributed by atoms with Gasteiger partial charge in [0, 0.05) is 61.9 Å². The van der Waals surface area contributed by atoms with Gasteiger partial charge in [-0.2, -0.15) is 0 Å². The van der Waals surface area contributed by atoms with Gasteiger partial charge in [-0.1, -0.05) is 13.8 Å². The summed E-state index contributed by atoms with van der Waals surface area (Å²) in [5, 5.41) is 2.67. The molecule has 0 aliphatic rings. The Morgan fingerprint density at radius 1 is 0.733 bits per heavy atom. The molecule has 4 aromatic heterocycles. The van der Waals surface area contributed by atoms with E-state index in [1.165, 1.54) is 4.90 Å². The maximum atomic E-state index is 11.9. The number of hydrogen-bond acceptors (Lipinski definition) is 10. The van der Waals surface area contributed by atoms with E-state index in [1.807, 2.05) is 67.8 Å². The van der Waals surface area contributed by atoms with E-state index in [2.05, 4.69) is 35.2 Å². The first-order chi connectivity index (χ1) is 21.2. The molecule has 0 unspecified atom stereocenters. The summed E-state index contributed by atoms with van der Waals surface area (Å²) < 4.78 is 14.0. The topological polar surface area (TPSA) is 155 Å². The normalized spacial score (nSPS) is 11.3. The molecule has 14 heteroatoms. The lowest BCUT2D eigenvalue weighted by Gasteiger charge is -2.24. The third kappa shape index (κ3) is 11.6. The standard InChI is InChI=1S/C16H23N5O2.C15H21N5O2/c1-6-13-10-21(11-19-13)14-17-7-12(8-18-14)9-20(5)15(22)23-16(2,3)4;1-5-12-9-20(10-19-12)13-16-6-11(7-17-13)8-18-14(21)22-15(2,3)4/h7-8,10-11H,6,9H2,1-5H3;6-7,9-10H,5,8H2,1-4H3,(H,18,21). The number of rotatable bonds is 8. The molecule has 242 valence electrons. The summed E-state index contributed by atoms with van der Waals surface area (Å²) >= 11 is 0. The number of nitrogens with one attached hydrogen (secondary N) is 1. The van der Waals surface area contributed by atoms with Gasteiger partial charge >= 0.3 is 12.2 Å². The van der Waals surface area contributed by atoms with Crippen LogP contribution in [0.3, 0.4) is 0 Å². The van der Waals surface area contributed by atoms with Gasteiger partial charge in [0.2, 0.25) is 11.9 Å². The minimum Gasteiger partial charge on any atom is -0.444 e. The molecule has 2 amide bonds. The molecule has 0 saturated heterocycles. The quantitative estimate of drug-likeness (QED) is 0.289. The Hall–Kier alpha value is -4.88. The van der Waals surface area contributed by atoms with Gasteiger partial charge in [-0.3, -0.25) is 9.13 Å². The molecule has 0 bridgehead atoms. The molecule has 0 atom stereocenters. The fourth-order valence-electron chi connectivity index (χ4n) is 3.61. The number of aromatic nitrogens is 8. The average molecular weight is 621 g/mol. The van der Waals surface area contributed by atoms with Gasteiger partial charge < -0.3 is 19.7 Å². The van der Waals surface area contributed by atoms with Gasteiger partial charge in [-0.15, -0.1) is 0 Å². The molecule has 4 heterocycles. The molecule has 45 heavy (non-hydrogen) atoms. The van der Waals surface area contributed by atoms with Crippen molar-refractivity contribution in [3.8, 4) is 11.9 Å². The molecule has 0 saturated carbocycles. The van der Waals surface area contributed by atoms with Crippen molar-refractivity contribution in [3.05, 3.63) is 72.4 Å². The lowest BCUT2D eigenvalue weighted by Crippen LogP contribution is -2.33. The molecule has 0 aliphatic carbocycles. The van der Waals surface area contributed by atoms with E-state index in [0.29, 0.717) is 25.0 Å².